The predicted molar refractivity (Wildman–Crippen MR) is 166 cm³/mol. The van der Waals surface area contributed by atoms with Gasteiger partial charge in [-0.15, -0.1) is 11.8 Å². The minimum absolute atomic E-state index is 0.129. The molecule has 0 radical (unpaired) electrons. The van der Waals surface area contributed by atoms with Crippen molar-refractivity contribution in [1.82, 2.24) is 24.4 Å². The summed E-state index contributed by atoms with van der Waals surface area (Å²) >= 11 is 7.54. The fourth-order valence-electron chi connectivity index (χ4n) is 6.18. The topological polar surface area (TPSA) is 93.5 Å². The molecule has 4 heterocycles. The number of ether oxygens (including phenoxy) is 1. The van der Waals surface area contributed by atoms with Crippen LogP contribution >= 0.6 is 23.4 Å². The normalized spacial score (nSPS) is 20.0. The Balaban J connectivity index is 1.55. The summed E-state index contributed by atoms with van der Waals surface area (Å²) in [5.74, 6) is -0.540. The SMILES string of the molecule is C=CC(=O)N1[C@H](C)CN(c2nc(=O)n3c4c(c(-c5cc(Cl)c(F)cc5F)c(C)cc24)SC[C@@H](Oc2ccncn2)C3)C[C@@H]1C. The molecule has 1 fully saturated rings. The monoisotopic (exact) mass is 638 g/mol. The van der Waals surface area contributed by atoms with Crippen LogP contribution in [0, 0.1) is 18.6 Å². The van der Waals surface area contributed by atoms with Gasteiger partial charge in [-0.1, -0.05) is 18.2 Å². The van der Waals surface area contributed by atoms with Gasteiger partial charge in [0.25, 0.3) is 0 Å². The van der Waals surface area contributed by atoms with Gasteiger partial charge < -0.3 is 14.5 Å². The van der Waals surface area contributed by atoms with Gasteiger partial charge in [-0.05, 0) is 44.5 Å². The van der Waals surface area contributed by atoms with Crippen molar-refractivity contribution in [3.05, 3.63) is 82.1 Å². The van der Waals surface area contributed by atoms with Crippen LogP contribution in [-0.4, -0.2) is 67.4 Å². The number of aryl methyl sites for hydroxylation is 1. The molecule has 0 saturated carbocycles. The Morgan fingerprint density at radius 1 is 1.16 bits per heavy atom. The molecule has 1 amide bonds. The van der Waals surface area contributed by atoms with Crippen LogP contribution in [0.5, 0.6) is 5.88 Å². The molecule has 0 bridgehead atoms. The molecule has 44 heavy (non-hydrogen) atoms. The Morgan fingerprint density at radius 3 is 2.59 bits per heavy atom. The van der Waals surface area contributed by atoms with Gasteiger partial charge in [0.1, 0.15) is 29.9 Å². The Kier molecular flexibility index (Phi) is 8.06. The van der Waals surface area contributed by atoms with Crippen LogP contribution in [0.3, 0.4) is 0 Å². The van der Waals surface area contributed by atoms with E-state index in [1.165, 1.54) is 30.2 Å². The zero-order chi connectivity index (χ0) is 31.3. The summed E-state index contributed by atoms with van der Waals surface area (Å²) in [6.45, 7) is 10.4. The maximum Gasteiger partial charge on any atom is 0.350 e. The molecule has 6 rings (SSSR count). The van der Waals surface area contributed by atoms with Crippen molar-refractivity contribution in [2.24, 2.45) is 0 Å². The number of anilines is 1. The molecule has 0 unspecified atom stereocenters. The number of rotatable bonds is 5. The van der Waals surface area contributed by atoms with E-state index in [1.54, 1.807) is 21.7 Å². The van der Waals surface area contributed by atoms with Crippen LogP contribution in [0.25, 0.3) is 22.0 Å². The van der Waals surface area contributed by atoms with Crippen molar-refractivity contribution in [3.8, 4) is 17.0 Å². The molecule has 13 heteroatoms. The first-order valence-electron chi connectivity index (χ1n) is 14.1. The van der Waals surface area contributed by atoms with Crippen molar-refractivity contribution >= 4 is 46.0 Å². The standard InChI is InChI=1S/C31H29ClF2N6O3S/c1-5-26(41)40-17(3)11-38(12-18(40)4)30-21-8-16(2)27(20-9-22(32)24(34)10-23(20)33)29-28(21)39(31(42)37-30)13-19(14-44-29)43-25-6-7-35-15-36-25/h5-10,15,17-19H,1,11-14H2,2-4H3/t17-,18+,19-/m0/s1. The van der Waals surface area contributed by atoms with E-state index in [-0.39, 0.29) is 35.1 Å². The third-order valence-electron chi connectivity index (χ3n) is 7.96. The van der Waals surface area contributed by atoms with Gasteiger partial charge in [-0.25, -0.2) is 23.5 Å². The summed E-state index contributed by atoms with van der Waals surface area (Å²) < 4.78 is 37.3. The number of aromatic nitrogens is 4. The van der Waals surface area contributed by atoms with Gasteiger partial charge in [-0.3, -0.25) is 9.36 Å². The van der Waals surface area contributed by atoms with E-state index in [2.05, 4.69) is 21.5 Å². The number of amides is 1. The number of carbonyl (C=O) groups excluding carboxylic acids is 1. The van der Waals surface area contributed by atoms with Crippen LogP contribution < -0.4 is 15.3 Å². The van der Waals surface area contributed by atoms with Gasteiger partial charge in [0.2, 0.25) is 11.8 Å². The lowest BCUT2D eigenvalue weighted by atomic mass is 9.97. The van der Waals surface area contributed by atoms with Crippen LogP contribution in [0.4, 0.5) is 14.6 Å². The molecular weight excluding hydrogens is 610 g/mol. The number of thioether (sulfide) groups is 1. The number of carbonyl (C=O) groups is 1. The molecule has 0 aliphatic carbocycles. The highest BCUT2D eigenvalue weighted by Crippen LogP contribution is 2.45. The van der Waals surface area contributed by atoms with Crippen molar-refractivity contribution in [1.29, 1.82) is 0 Å². The van der Waals surface area contributed by atoms with E-state index in [9.17, 15) is 14.0 Å². The summed E-state index contributed by atoms with van der Waals surface area (Å²) in [5.41, 5.74) is 1.42. The molecule has 3 atom stereocenters. The third kappa shape index (κ3) is 5.30. The number of piperazine rings is 1. The highest BCUT2D eigenvalue weighted by Gasteiger charge is 2.35. The Bertz CT molecular complexity index is 1840. The fourth-order valence-corrected chi connectivity index (χ4v) is 7.64. The predicted octanol–water partition coefficient (Wildman–Crippen LogP) is 5.26. The quantitative estimate of drug-likeness (QED) is 0.216. The van der Waals surface area contributed by atoms with Crippen molar-refractivity contribution in [2.75, 3.05) is 23.7 Å². The Labute approximate surface area is 261 Å². The molecule has 0 N–H and O–H groups in total. The minimum atomic E-state index is -0.857. The number of halogens is 3. The first-order valence-corrected chi connectivity index (χ1v) is 15.4. The van der Waals surface area contributed by atoms with Crippen molar-refractivity contribution in [2.45, 2.75) is 50.4 Å². The average molecular weight is 639 g/mol. The second kappa shape index (κ2) is 11.8. The van der Waals surface area contributed by atoms with Crippen LogP contribution in [-0.2, 0) is 11.3 Å². The summed E-state index contributed by atoms with van der Waals surface area (Å²) in [6, 6.07) is 5.22. The molecule has 1 saturated heterocycles. The van der Waals surface area contributed by atoms with Gasteiger partial charge in [-0.2, -0.15) is 4.98 Å². The second-order valence-electron chi connectivity index (χ2n) is 11.0. The minimum Gasteiger partial charge on any atom is -0.471 e. The van der Waals surface area contributed by atoms with E-state index in [4.69, 9.17) is 16.3 Å². The largest absolute Gasteiger partial charge is 0.471 e. The number of nitrogens with zero attached hydrogens (tertiary/aromatic N) is 6. The second-order valence-corrected chi connectivity index (χ2v) is 12.5. The van der Waals surface area contributed by atoms with E-state index < -0.39 is 23.4 Å². The van der Waals surface area contributed by atoms with Crippen LogP contribution in [0.2, 0.25) is 5.02 Å². The molecule has 4 aromatic rings. The van der Waals surface area contributed by atoms with Crippen LogP contribution in [0.15, 0.2) is 59.1 Å². The zero-order valence-corrected chi connectivity index (χ0v) is 25.8. The molecule has 2 aromatic carbocycles. The molecule has 2 aromatic heterocycles. The number of hydrogen-bond acceptors (Lipinski definition) is 8. The average Bonchev–Trinajstić information content (AvgIpc) is 3.17. The first-order chi connectivity index (χ1) is 21.1. The first kappa shape index (κ1) is 30.0. The van der Waals surface area contributed by atoms with E-state index in [0.29, 0.717) is 57.5 Å². The number of benzene rings is 2. The lowest BCUT2D eigenvalue weighted by Crippen LogP contribution is -2.58. The maximum absolute atomic E-state index is 15.4. The van der Waals surface area contributed by atoms with Crippen molar-refractivity contribution < 1.29 is 18.3 Å². The molecule has 9 nitrogen and oxygen atoms in total. The van der Waals surface area contributed by atoms with Gasteiger partial charge in [0, 0.05) is 70.7 Å². The van der Waals surface area contributed by atoms with Gasteiger partial charge in [0.15, 0.2) is 0 Å². The summed E-state index contributed by atoms with van der Waals surface area (Å²) in [5, 5.41) is 0.493. The summed E-state index contributed by atoms with van der Waals surface area (Å²) in [7, 11) is 0. The highest BCUT2D eigenvalue weighted by molar-refractivity contribution is 7.99. The third-order valence-corrected chi connectivity index (χ3v) is 9.48. The summed E-state index contributed by atoms with van der Waals surface area (Å²) in [4.78, 5) is 43.5. The fraction of sp³-hybridized carbons (Fsp3) is 0.323. The Morgan fingerprint density at radius 2 is 1.91 bits per heavy atom. The maximum atomic E-state index is 15.4. The van der Waals surface area contributed by atoms with E-state index in [0.717, 1.165) is 6.07 Å². The van der Waals surface area contributed by atoms with Gasteiger partial charge >= 0.3 is 5.69 Å². The highest BCUT2D eigenvalue weighted by atomic mass is 35.5. The Hall–Kier alpha value is -4.03. The van der Waals surface area contributed by atoms with Crippen LogP contribution in [0.1, 0.15) is 19.4 Å². The zero-order valence-electron chi connectivity index (χ0n) is 24.3. The van der Waals surface area contributed by atoms with E-state index in [1.807, 2.05) is 31.7 Å². The lowest BCUT2D eigenvalue weighted by molar-refractivity contribution is -0.130. The summed E-state index contributed by atoms with van der Waals surface area (Å²) in [6.07, 6.45) is 3.76. The molecule has 228 valence electrons. The molecule has 2 aliphatic heterocycles. The molecule has 0 spiro atoms. The van der Waals surface area contributed by atoms with Gasteiger partial charge in [0.05, 0.1) is 17.1 Å². The van der Waals surface area contributed by atoms with Crippen molar-refractivity contribution in [3.63, 3.8) is 0 Å². The number of hydrogen-bond donors (Lipinski definition) is 0. The molecular formula is C31H29ClF2N6O3S. The lowest BCUT2D eigenvalue weighted by Gasteiger charge is -2.44. The van der Waals surface area contributed by atoms with E-state index >= 15 is 4.39 Å². The smallest absolute Gasteiger partial charge is 0.350 e. The molecule has 2 aliphatic rings.